The van der Waals surface area contributed by atoms with Crippen LogP contribution in [0.15, 0.2) is 30.5 Å². The molecule has 2 rings (SSSR count). The fourth-order valence-electron chi connectivity index (χ4n) is 2.61. The lowest BCUT2D eigenvalue weighted by Crippen LogP contribution is -2.23. The molecular weight excluding hydrogens is 246 g/mol. The van der Waals surface area contributed by atoms with Crippen molar-refractivity contribution in [2.75, 3.05) is 6.54 Å². The first-order valence-electron chi connectivity index (χ1n) is 7.48. The molecule has 0 aliphatic rings. The topological polar surface area (TPSA) is 29.9 Å². The minimum atomic E-state index is 0.235. The molecule has 1 aromatic heterocycles. The molecule has 1 heterocycles. The van der Waals surface area contributed by atoms with E-state index < -0.39 is 0 Å². The van der Waals surface area contributed by atoms with Gasteiger partial charge in [-0.1, -0.05) is 43.7 Å². The van der Waals surface area contributed by atoms with E-state index in [1.807, 2.05) is 11.7 Å². The molecule has 0 aliphatic carbocycles. The van der Waals surface area contributed by atoms with Gasteiger partial charge in [-0.2, -0.15) is 5.10 Å². The second-order valence-corrected chi connectivity index (χ2v) is 5.36. The van der Waals surface area contributed by atoms with E-state index in [4.69, 9.17) is 0 Å². The molecule has 0 radical (unpaired) electrons. The van der Waals surface area contributed by atoms with Crippen LogP contribution in [-0.4, -0.2) is 16.3 Å². The minimum absolute atomic E-state index is 0.235. The van der Waals surface area contributed by atoms with Gasteiger partial charge in [0.1, 0.15) is 0 Å². The third kappa shape index (κ3) is 3.28. The van der Waals surface area contributed by atoms with Crippen molar-refractivity contribution in [2.24, 2.45) is 7.05 Å². The summed E-state index contributed by atoms with van der Waals surface area (Å²) in [6, 6.07) is 8.97. The van der Waals surface area contributed by atoms with E-state index in [-0.39, 0.29) is 6.04 Å². The Bertz CT molecular complexity index is 557. The van der Waals surface area contributed by atoms with Crippen molar-refractivity contribution in [3.63, 3.8) is 0 Å². The Balaban J connectivity index is 2.41. The number of nitrogens with one attached hydrogen (secondary N) is 1. The maximum atomic E-state index is 4.58. The summed E-state index contributed by atoms with van der Waals surface area (Å²) in [5.74, 6) is 0. The van der Waals surface area contributed by atoms with Crippen LogP contribution in [0.3, 0.4) is 0 Å². The number of hydrogen-bond acceptors (Lipinski definition) is 2. The van der Waals surface area contributed by atoms with E-state index in [9.17, 15) is 0 Å². The van der Waals surface area contributed by atoms with Gasteiger partial charge >= 0.3 is 0 Å². The average Bonchev–Trinajstić information content (AvgIpc) is 2.80. The Hall–Kier alpha value is -1.61. The SMILES string of the molecule is CCCNC(c1cccc(C)c1)c1cn(C)nc1CC. The van der Waals surface area contributed by atoms with E-state index in [2.05, 4.69) is 61.6 Å². The van der Waals surface area contributed by atoms with E-state index >= 15 is 0 Å². The quantitative estimate of drug-likeness (QED) is 0.873. The highest BCUT2D eigenvalue weighted by atomic mass is 15.3. The Labute approximate surface area is 122 Å². The molecular formula is C17H25N3. The molecule has 2 aromatic rings. The molecule has 0 bridgehead atoms. The first-order chi connectivity index (χ1) is 9.65. The van der Waals surface area contributed by atoms with Gasteiger partial charge in [-0.3, -0.25) is 4.68 Å². The molecule has 1 N–H and O–H groups in total. The van der Waals surface area contributed by atoms with Gasteiger partial charge in [0, 0.05) is 18.8 Å². The van der Waals surface area contributed by atoms with Gasteiger partial charge in [0.15, 0.2) is 0 Å². The number of aromatic nitrogens is 2. The molecule has 1 unspecified atom stereocenters. The largest absolute Gasteiger partial charge is 0.306 e. The van der Waals surface area contributed by atoms with Crippen molar-refractivity contribution in [3.05, 3.63) is 52.8 Å². The summed E-state index contributed by atoms with van der Waals surface area (Å²) in [6.45, 7) is 7.52. The van der Waals surface area contributed by atoms with E-state index in [0.717, 1.165) is 19.4 Å². The van der Waals surface area contributed by atoms with Crippen molar-refractivity contribution in [1.82, 2.24) is 15.1 Å². The monoisotopic (exact) mass is 271 g/mol. The molecule has 3 heteroatoms. The van der Waals surface area contributed by atoms with Crippen molar-refractivity contribution in [2.45, 2.75) is 39.7 Å². The molecule has 0 spiro atoms. The van der Waals surface area contributed by atoms with Gasteiger partial charge in [-0.05, 0) is 31.9 Å². The second kappa shape index (κ2) is 6.71. The van der Waals surface area contributed by atoms with Gasteiger partial charge in [0.05, 0.1) is 11.7 Å². The molecule has 1 aromatic carbocycles. The van der Waals surface area contributed by atoms with Gasteiger partial charge in [0.2, 0.25) is 0 Å². The number of rotatable bonds is 6. The van der Waals surface area contributed by atoms with E-state index in [0.29, 0.717) is 0 Å². The fourth-order valence-corrected chi connectivity index (χ4v) is 2.61. The smallest absolute Gasteiger partial charge is 0.0673 e. The van der Waals surface area contributed by atoms with Crippen LogP contribution in [0.1, 0.15) is 48.7 Å². The zero-order valence-corrected chi connectivity index (χ0v) is 13.0. The molecule has 0 saturated carbocycles. The predicted octanol–water partition coefficient (Wildman–Crippen LogP) is 3.38. The summed E-state index contributed by atoms with van der Waals surface area (Å²) in [4.78, 5) is 0. The summed E-state index contributed by atoms with van der Waals surface area (Å²) < 4.78 is 1.92. The number of hydrogen-bond donors (Lipinski definition) is 1. The molecule has 3 nitrogen and oxygen atoms in total. The Morgan fingerprint density at radius 1 is 1.30 bits per heavy atom. The van der Waals surface area contributed by atoms with Crippen LogP contribution in [-0.2, 0) is 13.5 Å². The van der Waals surface area contributed by atoms with Crippen molar-refractivity contribution in [1.29, 1.82) is 0 Å². The van der Waals surface area contributed by atoms with Crippen molar-refractivity contribution < 1.29 is 0 Å². The second-order valence-electron chi connectivity index (χ2n) is 5.36. The first-order valence-corrected chi connectivity index (χ1v) is 7.48. The summed E-state index contributed by atoms with van der Waals surface area (Å²) >= 11 is 0. The molecule has 0 amide bonds. The Kier molecular flexibility index (Phi) is 4.96. The minimum Gasteiger partial charge on any atom is -0.306 e. The van der Waals surface area contributed by atoms with Crippen LogP contribution in [0, 0.1) is 6.92 Å². The average molecular weight is 271 g/mol. The predicted molar refractivity (Wildman–Crippen MR) is 83.9 cm³/mol. The molecule has 108 valence electrons. The van der Waals surface area contributed by atoms with E-state index in [1.165, 1.54) is 22.4 Å². The third-order valence-corrected chi connectivity index (χ3v) is 3.56. The number of aryl methyl sites for hydroxylation is 3. The number of nitrogens with zero attached hydrogens (tertiary/aromatic N) is 2. The third-order valence-electron chi connectivity index (χ3n) is 3.56. The molecule has 0 saturated heterocycles. The Morgan fingerprint density at radius 2 is 2.10 bits per heavy atom. The molecule has 0 fully saturated rings. The van der Waals surface area contributed by atoms with Gasteiger partial charge in [-0.25, -0.2) is 0 Å². The van der Waals surface area contributed by atoms with Crippen LogP contribution >= 0.6 is 0 Å². The first kappa shape index (κ1) is 14.8. The maximum absolute atomic E-state index is 4.58. The number of benzene rings is 1. The molecule has 20 heavy (non-hydrogen) atoms. The van der Waals surface area contributed by atoms with Gasteiger partial charge < -0.3 is 5.32 Å². The zero-order valence-electron chi connectivity index (χ0n) is 13.0. The lowest BCUT2D eigenvalue weighted by atomic mass is 9.97. The molecule has 1 atom stereocenters. The lowest BCUT2D eigenvalue weighted by Gasteiger charge is -2.19. The standard InChI is InChI=1S/C17H25N3/c1-5-10-18-17(14-9-7-8-13(3)11-14)15-12-20(4)19-16(15)6-2/h7-9,11-12,17-18H,5-6,10H2,1-4H3. The highest BCUT2D eigenvalue weighted by molar-refractivity contribution is 5.35. The zero-order chi connectivity index (χ0) is 14.5. The van der Waals surface area contributed by atoms with Gasteiger partial charge in [-0.15, -0.1) is 0 Å². The summed E-state index contributed by atoms with van der Waals surface area (Å²) in [6.07, 6.45) is 4.24. The maximum Gasteiger partial charge on any atom is 0.0673 e. The Morgan fingerprint density at radius 3 is 2.75 bits per heavy atom. The highest BCUT2D eigenvalue weighted by Crippen LogP contribution is 2.25. The van der Waals surface area contributed by atoms with Gasteiger partial charge in [0.25, 0.3) is 0 Å². The summed E-state index contributed by atoms with van der Waals surface area (Å²) in [7, 11) is 2.00. The van der Waals surface area contributed by atoms with Crippen LogP contribution in [0.5, 0.6) is 0 Å². The van der Waals surface area contributed by atoms with Crippen LogP contribution < -0.4 is 5.32 Å². The highest BCUT2D eigenvalue weighted by Gasteiger charge is 2.19. The normalized spacial score (nSPS) is 12.6. The summed E-state index contributed by atoms with van der Waals surface area (Å²) in [5.41, 5.74) is 5.10. The van der Waals surface area contributed by atoms with Crippen molar-refractivity contribution >= 4 is 0 Å². The summed E-state index contributed by atoms with van der Waals surface area (Å²) in [5, 5.41) is 8.25. The van der Waals surface area contributed by atoms with Crippen LogP contribution in [0.25, 0.3) is 0 Å². The fraction of sp³-hybridized carbons (Fsp3) is 0.471. The van der Waals surface area contributed by atoms with Crippen LogP contribution in [0.4, 0.5) is 0 Å². The van der Waals surface area contributed by atoms with E-state index in [1.54, 1.807) is 0 Å². The molecule has 0 aliphatic heterocycles. The lowest BCUT2D eigenvalue weighted by molar-refractivity contribution is 0.594. The van der Waals surface area contributed by atoms with Crippen molar-refractivity contribution in [3.8, 4) is 0 Å². The van der Waals surface area contributed by atoms with Crippen LogP contribution in [0.2, 0.25) is 0 Å².